The Bertz CT molecular complexity index is 454. The van der Waals surface area contributed by atoms with Crippen LogP contribution in [0.2, 0.25) is 0 Å². The maximum absolute atomic E-state index is 4.32. The van der Waals surface area contributed by atoms with Crippen LogP contribution in [0.4, 0.5) is 0 Å². The van der Waals surface area contributed by atoms with E-state index in [2.05, 4.69) is 49.7 Å². The van der Waals surface area contributed by atoms with Crippen LogP contribution in [0.25, 0.3) is 5.57 Å². The summed E-state index contributed by atoms with van der Waals surface area (Å²) >= 11 is 0. The first-order valence-corrected chi connectivity index (χ1v) is 5.64. The summed E-state index contributed by atoms with van der Waals surface area (Å²) in [6.07, 6.45) is 8.32. The van der Waals surface area contributed by atoms with Gasteiger partial charge in [-0.25, -0.2) is 0 Å². The van der Waals surface area contributed by atoms with Gasteiger partial charge < -0.3 is 0 Å². The van der Waals surface area contributed by atoms with Crippen LogP contribution in [0.5, 0.6) is 0 Å². The standard InChI is InChI=1S/C15H17N/c1-15(2,3)13-9-7-12(8-10-13)14-6-4-5-11-16-14/h4-7,9-11,13H,1-3H3. The maximum Gasteiger partial charge on any atom is 0.0779 e. The first kappa shape index (κ1) is 10.9. The van der Waals surface area contributed by atoms with Crippen molar-refractivity contribution in [1.82, 2.24) is 4.98 Å². The van der Waals surface area contributed by atoms with Crippen LogP contribution in [-0.4, -0.2) is 4.98 Å². The van der Waals surface area contributed by atoms with Crippen LogP contribution in [0.15, 0.2) is 48.4 Å². The van der Waals surface area contributed by atoms with E-state index in [1.54, 1.807) is 0 Å². The molecule has 1 heterocycles. The van der Waals surface area contributed by atoms with Gasteiger partial charge in [-0.15, -0.1) is 5.73 Å². The number of hydrogen-bond acceptors (Lipinski definition) is 1. The van der Waals surface area contributed by atoms with Crippen molar-refractivity contribution in [2.75, 3.05) is 0 Å². The van der Waals surface area contributed by atoms with Crippen molar-refractivity contribution in [3.63, 3.8) is 0 Å². The third kappa shape index (κ3) is 2.32. The highest BCUT2D eigenvalue weighted by Gasteiger charge is 2.21. The average molecular weight is 211 g/mol. The summed E-state index contributed by atoms with van der Waals surface area (Å²) < 4.78 is 0. The zero-order valence-corrected chi connectivity index (χ0v) is 10.1. The molecule has 1 unspecified atom stereocenters. The molecule has 0 saturated carbocycles. The van der Waals surface area contributed by atoms with E-state index in [0.717, 1.165) is 11.3 Å². The van der Waals surface area contributed by atoms with Crippen molar-refractivity contribution >= 4 is 5.57 Å². The monoisotopic (exact) mass is 211 g/mol. The van der Waals surface area contributed by atoms with Crippen LogP contribution < -0.4 is 0 Å². The summed E-state index contributed by atoms with van der Waals surface area (Å²) in [6, 6.07) is 5.94. The van der Waals surface area contributed by atoms with Crippen LogP contribution in [0.1, 0.15) is 26.5 Å². The Morgan fingerprint density at radius 3 is 2.56 bits per heavy atom. The van der Waals surface area contributed by atoms with Crippen LogP contribution in [0, 0.1) is 11.3 Å². The molecular formula is C15H17N. The van der Waals surface area contributed by atoms with Gasteiger partial charge in [-0.05, 0) is 29.7 Å². The van der Waals surface area contributed by atoms with E-state index in [1.807, 2.05) is 24.4 Å². The fourth-order valence-corrected chi connectivity index (χ4v) is 1.70. The molecule has 82 valence electrons. The summed E-state index contributed by atoms with van der Waals surface area (Å²) in [5.41, 5.74) is 5.66. The summed E-state index contributed by atoms with van der Waals surface area (Å²) in [4.78, 5) is 4.32. The predicted molar refractivity (Wildman–Crippen MR) is 67.8 cm³/mol. The van der Waals surface area contributed by atoms with Crippen LogP contribution in [0.3, 0.4) is 0 Å². The van der Waals surface area contributed by atoms with Gasteiger partial charge in [0.05, 0.1) is 5.69 Å². The third-order valence-electron chi connectivity index (χ3n) is 2.83. The Morgan fingerprint density at radius 2 is 2.06 bits per heavy atom. The van der Waals surface area contributed by atoms with E-state index in [9.17, 15) is 0 Å². The summed E-state index contributed by atoms with van der Waals surface area (Å²) in [5.74, 6) is 0.458. The summed E-state index contributed by atoms with van der Waals surface area (Å²) in [5, 5.41) is 0. The molecule has 2 rings (SSSR count). The highest BCUT2D eigenvalue weighted by atomic mass is 14.7. The Kier molecular flexibility index (Phi) is 2.80. The molecule has 0 bridgehead atoms. The maximum atomic E-state index is 4.32. The quantitative estimate of drug-likeness (QED) is 0.643. The zero-order chi connectivity index (χ0) is 11.6. The van der Waals surface area contributed by atoms with Gasteiger partial charge in [-0.1, -0.05) is 32.9 Å². The normalized spacial score (nSPS) is 19.7. The number of nitrogens with zero attached hydrogens (tertiary/aromatic N) is 1. The molecule has 0 N–H and O–H groups in total. The fourth-order valence-electron chi connectivity index (χ4n) is 1.70. The van der Waals surface area contributed by atoms with Gasteiger partial charge >= 0.3 is 0 Å². The lowest BCUT2D eigenvalue weighted by molar-refractivity contribution is 0.343. The molecule has 0 saturated heterocycles. The molecule has 1 aromatic rings. The largest absolute Gasteiger partial charge is 0.256 e. The first-order valence-electron chi connectivity index (χ1n) is 5.64. The first-order chi connectivity index (χ1) is 7.57. The fraction of sp³-hybridized carbons (Fsp3) is 0.333. The van der Waals surface area contributed by atoms with Gasteiger partial charge in [0.2, 0.25) is 0 Å². The van der Waals surface area contributed by atoms with Gasteiger partial charge in [-0.2, -0.15) is 0 Å². The van der Waals surface area contributed by atoms with Gasteiger partial charge in [0.1, 0.15) is 0 Å². The summed E-state index contributed by atoms with van der Waals surface area (Å²) in [6.45, 7) is 6.73. The van der Waals surface area contributed by atoms with E-state index in [-0.39, 0.29) is 5.41 Å². The van der Waals surface area contributed by atoms with Crippen molar-refractivity contribution < 1.29 is 0 Å². The Labute approximate surface area is 97.2 Å². The second kappa shape index (κ2) is 4.11. The average Bonchev–Trinajstić information content (AvgIpc) is 2.29. The van der Waals surface area contributed by atoms with E-state index < -0.39 is 0 Å². The SMILES string of the molecule is CC(C)(C)C1C=C=C(c2ccccn2)C=C1. The predicted octanol–water partition coefficient (Wildman–Crippen LogP) is 3.85. The van der Waals surface area contributed by atoms with Crippen molar-refractivity contribution in [3.05, 3.63) is 54.0 Å². The molecular weight excluding hydrogens is 194 g/mol. The molecule has 1 aliphatic rings. The Morgan fingerprint density at radius 1 is 1.25 bits per heavy atom. The topological polar surface area (TPSA) is 12.9 Å². The number of hydrogen-bond donors (Lipinski definition) is 0. The smallest absolute Gasteiger partial charge is 0.0779 e. The molecule has 0 aromatic carbocycles. The van der Waals surface area contributed by atoms with Crippen molar-refractivity contribution in [1.29, 1.82) is 0 Å². The zero-order valence-electron chi connectivity index (χ0n) is 10.1. The molecule has 1 nitrogen and oxygen atoms in total. The van der Waals surface area contributed by atoms with E-state index in [1.165, 1.54) is 0 Å². The van der Waals surface area contributed by atoms with Gasteiger partial charge in [0.15, 0.2) is 0 Å². The van der Waals surface area contributed by atoms with E-state index >= 15 is 0 Å². The lowest BCUT2D eigenvalue weighted by Crippen LogP contribution is -2.16. The molecule has 16 heavy (non-hydrogen) atoms. The number of rotatable bonds is 1. The van der Waals surface area contributed by atoms with Crippen molar-refractivity contribution in [2.45, 2.75) is 20.8 Å². The second-order valence-corrected chi connectivity index (χ2v) is 5.19. The molecule has 0 spiro atoms. The molecule has 1 heteroatoms. The molecule has 0 amide bonds. The highest BCUT2D eigenvalue weighted by Crippen LogP contribution is 2.31. The molecule has 0 radical (unpaired) electrons. The van der Waals surface area contributed by atoms with Gasteiger partial charge in [0.25, 0.3) is 0 Å². The van der Waals surface area contributed by atoms with Gasteiger partial charge in [-0.3, -0.25) is 4.98 Å². The Hall–Kier alpha value is -1.59. The number of aromatic nitrogens is 1. The van der Waals surface area contributed by atoms with E-state index in [4.69, 9.17) is 0 Å². The third-order valence-corrected chi connectivity index (χ3v) is 2.83. The minimum absolute atomic E-state index is 0.263. The van der Waals surface area contributed by atoms with Crippen LogP contribution in [-0.2, 0) is 0 Å². The minimum Gasteiger partial charge on any atom is -0.256 e. The molecule has 1 aliphatic carbocycles. The lowest BCUT2D eigenvalue weighted by Gasteiger charge is -2.25. The molecule has 0 fully saturated rings. The summed E-state index contributed by atoms with van der Waals surface area (Å²) in [7, 11) is 0. The van der Waals surface area contributed by atoms with E-state index in [0.29, 0.717) is 5.92 Å². The number of allylic oxidation sites excluding steroid dienone is 3. The molecule has 1 atom stereocenters. The minimum atomic E-state index is 0.263. The molecule has 0 aliphatic heterocycles. The van der Waals surface area contributed by atoms with Crippen molar-refractivity contribution in [2.24, 2.45) is 11.3 Å². The molecule has 1 aromatic heterocycles. The number of pyridine rings is 1. The lowest BCUT2D eigenvalue weighted by atomic mass is 9.79. The van der Waals surface area contributed by atoms with Crippen molar-refractivity contribution in [3.8, 4) is 0 Å². The highest BCUT2D eigenvalue weighted by molar-refractivity contribution is 5.72. The Balaban J connectivity index is 2.30. The van der Waals surface area contributed by atoms with Crippen LogP contribution >= 0.6 is 0 Å². The second-order valence-electron chi connectivity index (χ2n) is 5.19. The van der Waals surface area contributed by atoms with Gasteiger partial charge in [0, 0.05) is 17.7 Å².